The van der Waals surface area contributed by atoms with Crippen molar-refractivity contribution in [2.75, 3.05) is 0 Å². The highest BCUT2D eigenvalue weighted by atomic mass is 79.9. The van der Waals surface area contributed by atoms with E-state index in [1.807, 2.05) is 0 Å². The van der Waals surface area contributed by atoms with Gasteiger partial charge in [0.15, 0.2) is 36.9 Å². The van der Waals surface area contributed by atoms with Crippen LogP contribution in [0.25, 0.3) is 0 Å². The van der Waals surface area contributed by atoms with Crippen molar-refractivity contribution in [3.8, 4) is 0 Å². The zero-order valence-corrected chi connectivity index (χ0v) is 15.0. The van der Waals surface area contributed by atoms with Gasteiger partial charge in [-0.05, 0) is 39.8 Å². The van der Waals surface area contributed by atoms with Crippen molar-refractivity contribution in [1.82, 2.24) is 0 Å². The van der Waals surface area contributed by atoms with Crippen LogP contribution in [-0.2, 0) is 0 Å². The maximum Gasteiger partial charge on any atom is 0.171 e. The zero-order valence-electron chi connectivity index (χ0n) is 13.5. The Morgan fingerprint density at radius 2 is 1.19 bits per heavy atom. The van der Waals surface area contributed by atoms with E-state index in [9.17, 15) is 0 Å². The third-order valence-corrected chi connectivity index (χ3v) is 3.96. The lowest BCUT2D eigenvalue weighted by Gasteiger charge is -2.10. The van der Waals surface area contributed by atoms with E-state index in [2.05, 4.69) is 85.9 Å². The minimum absolute atomic E-state index is 0. The van der Waals surface area contributed by atoms with Gasteiger partial charge in [-0.15, -0.1) is 0 Å². The van der Waals surface area contributed by atoms with Crippen molar-refractivity contribution >= 4 is 0 Å². The summed E-state index contributed by atoms with van der Waals surface area (Å²) in [6, 6.07) is 9.64. The van der Waals surface area contributed by atoms with Crippen LogP contribution in [0, 0.1) is 13.8 Å². The van der Waals surface area contributed by atoms with Crippen molar-refractivity contribution in [3.05, 3.63) is 60.2 Å². The average molecular weight is 350 g/mol. The minimum atomic E-state index is 0. The van der Waals surface area contributed by atoms with Crippen molar-refractivity contribution in [1.29, 1.82) is 0 Å². The van der Waals surface area contributed by atoms with Gasteiger partial charge in [0.2, 0.25) is 0 Å². The SMILES string of the molecule is Cc1ccc[n+](C(C)CCC(C)[n+]2cccc(C)c2)c1.[Br-]. The molecule has 2 heterocycles. The highest BCUT2D eigenvalue weighted by Gasteiger charge is 2.18. The number of nitrogens with zero attached hydrogens (tertiary/aromatic N) is 2. The van der Waals surface area contributed by atoms with Crippen LogP contribution in [0.4, 0.5) is 0 Å². The monoisotopic (exact) mass is 349 g/mol. The number of pyridine rings is 2. The summed E-state index contributed by atoms with van der Waals surface area (Å²) in [4.78, 5) is 0. The number of halogens is 1. The second-order valence-electron chi connectivity index (χ2n) is 5.93. The fourth-order valence-corrected chi connectivity index (χ4v) is 2.56. The third-order valence-electron chi connectivity index (χ3n) is 3.96. The average Bonchev–Trinajstić information content (AvgIpc) is 2.44. The Kier molecular flexibility index (Phi) is 7.03. The second kappa shape index (κ2) is 8.28. The normalized spacial score (nSPS) is 13.3. The Morgan fingerprint density at radius 3 is 1.52 bits per heavy atom. The molecule has 2 aromatic rings. The van der Waals surface area contributed by atoms with Crippen molar-refractivity contribution in [2.24, 2.45) is 0 Å². The first-order valence-electron chi connectivity index (χ1n) is 7.51. The summed E-state index contributed by atoms with van der Waals surface area (Å²) in [5, 5.41) is 0. The van der Waals surface area contributed by atoms with E-state index in [0.717, 1.165) is 0 Å². The lowest BCUT2D eigenvalue weighted by Crippen LogP contribution is -3.00. The molecule has 0 saturated carbocycles. The Bertz CT molecular complexity index is 517. The van der Waals surface area contributed by atoms with Gasteiger partial charge in [-0.1, -0.05) is 0 Å². The molecule has 0 spiro atoms. The molecule has 0 aliphatic carbocycles. The Hall–Kier alpha value is -1.22. The quantitative estimate of drug-likeness (QED) is 0.694. The predicted molar refractivity (Wildman–Crippen MR) is 81.4 cm³/mol. The lowest BCUT2D eigenvalue weighted by molar-refractivity contribution is -0.732. The van der Waals surface area contributed by atoms with E-state index in [4.69, 9.17) is 0 Å². The molecule has 2 aromatic heterocycles. The van der Waals surface area contributed by atoms with Crippen LogP contribution in [-0.4, -0.2) is 0 Å². The molecule has 0 fully saturated rings. The first-order valence-corrected chi connectivity index (χ1v) is 7.51. The third kappa shape index (κ3) is 5.24. The Balaban J connectivity index is 0.00000220. The van der Waals surface area contributed by atoms with Gasteiger partial charge in [0, 0.05) is 36.1 Å². The van der Waals surface area contributed by atoms with Gasteiger partial charge in [0.05, 0.1) is 0 Å². The molecule has 0 saturated heterocycles. The number of aromatic nitrogens is 2. The predicted octanol–water partition coefficient (Wildman–Crippen LogP) is 0.485. The van der Waals surface area contributed by atoms with Gasteiger partial charge in [-0.3, -0.25) is 0 Å². The number of aryl methyl sites for hydroxylation is 2. The summed E-state index contributed by atoms with van der Waals surface area (Å²) in [6.45, 7) is 8.89. The molecule has 0 aromatic carbocycles. The minimum Gasteiger partial charge on any atom is -1.00 e. The lowest BCUT2D eigenvalue weighted by atomic mass is 10.1. The molecule has 0 radical (unpaired) electrons. The molecular formula is C18H26BrN2+. The molecule has 0 aliphatic heterocycles. The summed E-state index contributed by atoms with van der Waals surface area (Å²) in [6.07, 6.45) is 11.2. The van der Waals surface area contributed by atoms with Gasteiger partial charge in [0.25, 0.3) is 0 Å². The molecule has 0 aliphatic rings. The van der Waals surface area contributed by atoms with Crippen LogP contribution in [0.2, 0.25) is 0 Å². The molecule has 0 amide bonds. The molecule has 0 bridgehead atoms. The van der Waals surface area contributed by atoms with Crippen LogP contribution < -0.4 is 26.1 Å². The summed E-state index contributed by atoms with van der Waals surface area (Å²) >= 11 is 0. The van der Waals surface area contributed by atoms with Crippen LogP contribution in [0.3, 0.4) is 0 Å². The van der Waals surface area contributed by atoms with Crippen molar-refractivity contribution in [2.45, 2.75) is 52.6 Å². The molecule has 21 heavy (non-hydrogen) atoms. The maximum atomic E-state index is 2.32. The smallest absolute Gasteiger partial charge is 0.171 e. The van der Waals surface area contributed by atoms with Gasteiger partial charge >= 0.3 is 0 Å². The molecular weight excluding hydrogens is 324 g/mol. The van der Waals surface area contributed by atoms with E-state index in [-0.39, 0.29) is 17.0 Å². The van der Waals surface area contributed by atoms with E-state index in [1.54, 1.807) is 0 Å². The summed E-state index contributed by atoms with van der Waals surface area (Å²) in [7, 11) is 0. The highest BCUT2D eigenvalue weighted by Crippen LogP contribution is 2.12. The molecule has 2 atom stereocenters. The number of rotatable bonds is 5. The van der Waals surface area contributed by atoms with Gasteiger partial charge < -0.3 is 17.0 Å². The van der Waals surface area contributed by atoms with E-state index in [0.29, 0.717) is 12.1 Å². The molecule has 3 heteroatoms. The first kappa shape index (κ1) is 17.8. The Morgan fingerprint density at radius 1 is 0.810 bits per heavy atom. The molecule has 0 N–H and O–H groups in total. The number of hydrogen-bond donors (Lipinski definition) is 0. The second-order valence-corrected chi connectivity index (χ2v) is 5.93. The summed E-state index contributed by atoms with van der Waals surface area (Å²) in [5.74, 6) is 0. The molecule has 2 rings (SSSR count). The topological polar surface area (TPSA) is 7.76 Å². The van der Waals surface area contributed by atoms with Crippen molar-refractivity contribution < 1.29 is 26.1 Å². The van der Waals surface area contributed by atoms with E-state index >= 15 is 0 Å². The van der Waals surface area contributed by atoms with Gasteiger partial charge in [-0.25, -0.2) is 9.13 Å². The number of hydrogen-bond acceptors (Lipinski definition) is 0. The molecule has 2 nitrogen and oxygen atoms in total. The van der Waals surface area contributed by atoms with Crippen LogP contribution in [0.5, 0.6) is 0 Å². The zero-order chi connectivity index (χ0) is 14.5. The van der Waals surface area contributed by atoms with Crippen LogP contribution in [0.15, 0.2) is 49.1 Å². The largest absolute Gasteiger partial charge is 1.00 e. The van der Waals surface area contributed by atoms with Crippen LogP contribution >= 0.6 is 0 Å². The van der Waals surface area contributed by atoms with Gasteiger partial charge in [-0.2, -0.15) is 0 Å². The first-order chi connectivity index (χ1) is 9.56. The van der Waals surface area contributed by atoms with Crippen molar-refractivity contribution in [3.63, 3.8) is 0 Å². The van der Waals surface area contributed by atoms with E-state index in [1.165, 1.54) is 24.0 Å². The molecule has 114 valence electrons. The van der Waals surface area contributed by atoms with Crippen LogP contribution in [0.1, 0.15) is 49.9 Å². The maximum absolute atomic E-state index is 2.32. The van der Waals surface area contributed by atoms with Gasteiger partial charge in [0.1, 0.15) is 0 Å². The Labute approximate surface area is 139 Å². The standard InChI is InChI=1S/C18H26N2.BrH/c1-15-7-5-11-19(13-15)17(3)9-10-18(4)20-12-6-8-16(2)14-20;/h5-8,11-14,17-18H,9-10H2,1-4H3;1H/q+2;/p-1. The summed E-state index contributed by atoms with van der Waals surface area (Å²) in [5.41, 5.74) is 2.64. The fourth-order valence-electron chi connectivity index (χ4n) is 2.56. The van der Waals surface area contributed by atoms with E-state index < -0.39 is 0 Å². The molecule has 2 unspecified atom stereocenters. The highest BCUT2D eigenvalue weighted by molar-refractivity contribution is 5.02. The fraction of sp³-hybridized carbons (Fsp3) is 0.444. The summed E-state index contributed by atoms with van der Waals surface area (Å²) < 4.78 is 4.64.